The topological polar surface area (TPSA) is 125 Å². The molecule has 0 radical (unpaired) electrons. The van der Waals surface area contributed by atoms with Gasteiger partial charge in [-0.2, -0.15) is 0 Å². The Morgan fingerprint density at radius 2 is 1.11 bits per heavy atom. The second-order valence-corrected chi connectivity index (χ2v) is 11.6. The van der Waals surface area contributed by atoms with Gasteiger partial charge in [0.15, 0.2) is 35.0 Å². The molecular formula is C40H43N4NaO8. The summed E-state index contributed by atoms with van der Waals surface area (Å²) in [6.45, 7) is 0. The normalized spacial score (nSPS) is 13.1. The fourth-order valence-corrected chi connectivity index (χ4v) is 5.93. The molecule has 13 heteroatoms. The Kier molecular flexibility index (Phi) is 14.0. The van der Waals surface area contributed by atoms with Gasteiger partial charge in [0.05, 0.1) is 60.2 Å². The molecule has 0 amide bonds. The Bertz CT molecular complexity index is 2010. The summed E-state index contributed by atoms with van der Waals surface area (Å²) in [6, 6.07) is 26.3. The van der Waals surface area contributed by atoms with Crippen molar-refractivity contribution in [3.05, 3.63) is 120 Å². The first-order chi connectivity index (χ1) is 25.2. The molecule has 5 aromatic rings. The van der Waals surface area contributed by atoms with E-state index in [1.54, 1.807) is 30.5 Å². The molecule has 0 spiro atoms. The standard InChI is InChI=1S/C21H24N2O4.C19H18N2O4.Na.H/c1-22-13-16(14-9-7-6-8-10-14)23(2)21(22)19(24)15-11-17(25-3)20(27-5)18(12-15)26-4;1-23-15-9-13(10-16(24-2)18(15)25-3)17(22)19-20-11-14(21-19)12-7-5-4-6-8-12;;/h6-13,21H,1-5H3;4-11H,1-3H3,(H,20,21);;/q;;+1;-1. The van der Waals surface area contributed by atoms with E-state index in [2.05, 4.69) is 9.97 Å². The molecule has 0 saturated carbocycles. The van der Waals surface area contributed by atoms with Crippen LogP contribution < -0.4 is 58.0 Å². The summed E-state index contributed by atoms with van der Waals surface area (Å²) in [4.78, 5) is 37.2. The van der Waals surface area contributed by atoms with Gasteiger partial charge in [0, 0.05) is 31.4 Å². The summed E-state index contributed by atoms with van der Waals surface area (Å²) in [5.74, 6) is 2.58. The molecule has 6 rings (SSSR count). The molecule has 0 aliphatic carbocycles. The summed E-state index contributed by atoms with van der Waals surface area (Å²) in [5, 5.41) is 0. The largest absolute Gasteiger partial charge is 1.00 e. The number of likely N-dealkylation sites (N-methyl/N-ethyl adjacent to an activating group) is 2. The van der Waals surface area contributed by atoms with Crippen molar-refractivity contribution in [1.29, 1.82) is 0 Å². The molecule has 1 unspecified atom stereocenters. The molecule has 12 nitrogen and oxygen atoms in total. The zero-order valence-corrected chi connectivity index (χ0v) is 33.4. The second-order valence-electron chi connectivity index (χ2n) is 11.6. The molecule has 1 N–H and O–H groups in total. The number of H-pyrrole nitrogens is 1. The zero-order chi connectivity index (χ0) is 37.4. The van der Waals surface area contributed by atoms with Crippen molar-refractivity contribution in [3.63, 3.8) is 0 Å². The van der Waals surface area contributed by atoms with Crippen LogP contribution in [0.5, 0.6) is 34.5 Å². The Morgan fingerprint density at radius 3 is 1.57 bits per heavy atom. The van der Waals surface area contributed by atoms with Crippen LogP contribution >= 0.6 is 0 Å². The van der Waals surface area contributed by atoms with Crippen LogP contribution in [0.15, 0.2) is 97.3 Å². The summed E-state index contributed by atoms with van der Waals surface area (Å²) < 4.78 is 32.0. The van der Waals surface area contributed by atoms with Gasteiger partial charge in [0.2, 0.25) is 23.1 Å². The smallest absolute Gasteiger partial charge is 1.00 e. The molecular weight excluding hydrogens is 687 g/mol. The molecule has 0 fully saturated rings. The molecule has 0 saturated heterocycles. The van der Waals surface area contributed by atoms with E-state index < -0.39 is 6.17 Å². The van der Waals surface area contributed by atoms with Crippen LogP contribution in [0.4, 0.5) is 0 Å². The summed E-state index contributed by atoms with van der Waals surface area (Å²) >= 11 is 0. The quantitative estimate of drug-likeness (QED) is 0.150. The average Bonchev–Trinajstić information content (AvgIpc) is 3.81. The van der Waals surface area contributed by atoms with Crippen molar-refractivity contribution in [2.24, 2.45) is 0 Å². The zero-order valence-electron chi connectivity index (χ0n) is 32.4. The average molecular weight is 731 g/mol. The fourth-order valence-electron chi connectivity index (χ4n) is 5.93. The number of ether oxygens (including phenoxy) is 6. The van der Waals surface area contributed by atoms with Crippen molar-refractivity contribution >= 4 is 17.3 Å². The van der Waals surface area contributed by atoms with Crippen LogP contribution in [0.25, 0.3) is 17.0 Å². The maximum absolute atomic E-state index is 13.3. The first-order valence-electron chi connectivity index (χ1n) is 16.2. The molecule has 4 aromatic carbocycles. The second kappa shape index (κ2) is 18.4. The fraction of sp³-hybridized carbons (Fsp3) is 0.225. The number of aromatic amines is 1. The Morgan fingerprint density at radius 1 is 0.660 bits per heavy atom. The number of hydrogen-bond donors (Lipinski definition) is 1. The minimum Gasteiger partial charge on any atom is -1.00 e. The van der Waals surface area contributed by atoms with Gasteiger partial charge < -0.3 is 44.6 Å². The van der Waals surface area contributed by atoms with Crippen LogP contribution in [0.1, 0.15) is 33.5 Å². The monoisotopic (exact) mass is 730 g/mol. The summed E-state index contributed by atoms with van der Waals surface area (Å²) in [7, 11) is 13.0. The van der Waals surface area contributed by atoms with E-state index in [-0.39, 0.29) is 48.4 Å². The molecule has 1 atom stereocenters. The summed E-state index contributed by atoms with van der Waals surface area (Å²) in [5.41, 5.74) is 4.67. The van der Waals surface area contributed by atoms with Crippen molar-refractivity contribution in [1.82, 2.24) is 19.8 Å². The maximum atomic E-state index is 13.3. The van der Waals surface area contributed by atoms with Gasteiger partial charge in [-0.15, -0.1) is 0 Å². The molecule has 53 heavy (non-hydrogen) atoms. The van der Waals surface area contributed by atoms with Gasteiger partial charge in [-0.3, -0.25) is 9.59 Å². The van der Waals surface area contributed by atoms with Crippen molar-refractivity contribution in [2.45, 2.75) is 6.17 Å². The molecule has 0 bridgehead atoms. The maximum Gasteiger partial charge on any atom is 1.00 e. The number of benzene rings is 4. The predicted molar refractivity (Wildman–Crippen MR) is 199 cm³/mol. The van der Waals surface area contributed by atoms with Gasteiger partial charge in [0.25, 0.3) is 0 Å². The Balaban J connectivity index is 0.000000281. The van der Waals surface area contributed by atoms with Crippen LogP contribution in [-0.2, 0) is 0 Å². The van der Waals surface area contributed by atoms with E-state index in [0.717, 1.165) is 22.5 Å². The number of hydrogen-bond acceptors (Lipinski definition) is 11. The molecule has 1 aliphatic rings. The van der Waals surface area contributed by atoms with Crippen molar-refractivity contribution < 1.29 is 69.0 Å². The number of carbonyl (C=O) groups excluding carboxylic acids is 2. The van der Waals surface area contributed by atoms with Gasteiger partial charge in [-0.25, -0.2) is 4.98 Å². The summed E-state index contributed by atoms with van der Waals surface area (Å²) in [6.07, 6.45) is 3.17. The van der Waals surface area contributed by atoms with Gasteiger partial charge in [-0.05, 0) is 35.4 Å². The van der Waals surface area contributed by atoms with Crippen LogP contribution in [0.3, 0.4) is 0 Å². The third-order valence-electron chi connectivity index (χ3n) is 8.51. The number of rotatable bonds is 12. The van der Waals surface area contributed by atoms with Crippen molar-refractivity contribution in [2.75, 3.05) is 56.8 Å². The molecule has 272 valence electrons. The minimum absolute atomic E-state index is 0. The number of imidazole rings is 1. The number of ketones is 2. The molecule has 1 aromatic heterocycles. The number of nitrogens with zero attached hydrogens (tertiary/aromatic N) is 3. The van der Waals surface area contributed by atoms with E-state index in [4.69, 9.17) is 28.4 Å². The van der Waals surface area contributed by atoms with E-state index in [9.17, 15) is 9.59 Å². The third-order valence-corrected chi connectivity index (χ3v) is 8.51. The van der Waals surface area contributed by atoms with Gasteiger partial charge >= 0.3 is 29.6 Å². The van der Waals surface area contributed by atoms with Gasteiger partial charge in [-0.1, -0.05) is 60.7 Å². The van der Waals surface area contributed by atoms with Crippen LogP contribution in [-0.4, -0.2) is 94.3 Å². The minimum atomic E-state index is -0.456. The van der Waals surface area contributed by atoms with Crippen LogP contribution in [0, 0.1) is 0 Å². The number of nitrogens with one attached hydrogen (secondary N) is 1. The van der Waals surface area contributed by atoms with E-state index in [1.165, 1.54) is 42.7 Å². The van der Waals surface area contributed by atoms with Crippen molar-refractivity contribution in [3.8, 4) is 45.8 Å². The molecule has 1 aliphatic heterocycles. The number of carbonyl (C=O) groups is 2. The number of methoxy groups -OCH3 is 6. The number of aromatic nitrogens is 2. The number of Topliss-reactive ketones (excluding diaryl/α,β-unsaturated/α-hetero) is 1. The van der Waals surface area contributed by atoms with E-state index >= 15 is 0 Å². The first kappa shape index (κ1) is 40.3. The van der Waals surface area contributed by atoms with E-state index in [0.29, 0.717) is 45.6 Å². The Labute approximate surface area is 333 Å². The predicted octanol–water partition coefficient (Wildman–Crippen LogP) is 3.55. The first-order valence-corrected chi connectivity index (χ1v) is 16.2. The van der Waals surface area contributed by atoms with Crippen LogP contribution in [0.2, 0.25) is 0 Å². The molecule has 2 heterocycles. The SMILES string of the molecule is COc1cc(C(=O)C2N(C)C=C(c3ccccc3)N2C)cc(OC)c1OC.COc1cc(C(=O)c2ncc(-c3ccccc3)[nH]2)cc(OC)c1OC.[H-].[Na+]. The van der Waals surface area contributed by atoms with E-state index in [1.807, 2.05) is 90.8 Å². The Hall–Kier alpha value is -5.43. The van der Waals surface area contributed by atoms with Gasteiger partial charge in [0.1, 0.15) is 0 Å². The third kappa shape index (κ3) is 8.62.